The van der Waals surface area contributed by atoms with E-state index in [-0.39, 0.29) is 11.0 Å². The van der Waals surface area contributed by atoms with Crippen molar-refractivity contribution in [2.45, 2.75) is 56.3 Å². The van der Waals surface area contributed by atoms with Gasteiger partial charge in [0.15, 0.2) is 0 Å². The third-order valence-electron chi connectivity index (χ3n) is 8.15. The summed E-state index contributed by atoms with van der Waals surface area (Å²) in [5.74, 6) is 4.28. The molecule has 2 aromatic carbocycles. The molecule has 0 atom stereocenters. The van der Waals surface area contributed by atoms with Crippen molar-refractivity contribution in [1.82, 2.24) is 14.5 Å². The highest BCUT2D eigenvalue weighted by Gasteiger charge is 2.46. The molecule has 1 spiro atoms. The first-order valence-corrected chi connectivity index (χ1v) is 12.9. The highest BCUT2D eigenvalue weighted by molar-refractivity contribution is 9.10. The molecule has 0 bridgehead atoms. The highest BCUT2D eigenvalue weighted by atomic mass is 79.9. The maximum Gasteiger partial charge on any atom is 0.281 e. The smallest absolute Gasteiger partial charge is 0.281 e. The van der Waals surface area contributed by atoms with Crippen molar-refractivity contribution in [2.75, 3.05) is 19.6 Å². The minimum absolute atomic E-state index is 0.123. The van der Waals surface area contributed by atoms with Crippen molar-refractivity contribution in [3.05, 3.63) is 68.2 Å². The Labute approximate surface area is 203 Å². The van der Waals surface area contributed by atoms with E-state index in [4.69, 9.17) is 11.4 Å². The predicted molar refractivity (Wildman–Crippen MR) is 136 cm³/mol. The first-order valence-electron chi connectivity index (χ1n) is 12.1. The summed E-state index contributed by atoms with van der Waals surface area (Å²) in [6.45, 7) is 2.85. The molecule has 3 aliphatic rings. The van der Waals surface area contributed by atoms with Crippen molar-refractivity contribution < 1.29 is 0 Å². The fourth-order valence-corrected chi connectivity index (χ4v) is 7.03. The standard InChI is InChI=1S/C28H28BrN3O/c1-2-15-31-16-11-19(12-17-31)20-9-10-21-24(18-20)32-23-8-6-7-22(29)25(23)26(33)30-27(32)28(21)13-4-3-5-14-28/h1,6-10,18-19H,3-5,11-17H2. The van der Waals surface area contributed by atoms with E-state index < -0.39 is 0 Å². The summed E-state index contributed by atoms with van der Waals surface area (Å²) in [4.78, 5) is 20.3. The van der Waals surface area contributed by atoms with E-state index in [0.29, 0.717) is 11.3 Å². The number of nitrogens with zero attached hydrogens (tertiary/aromatic N) is 3. The second-order valence-electron chi connectivity index (χ2n) is 9.88. The second-order valence-corrected chi connectivity index (χ2v) is 10.7. The van der Waals surface area contributed by atoms with Crippen molar-refractivity contribution in [1.29, 1.82) is 0 Å². The number of piperidine rings is 1. The Morgan fingerprint density at radius 3 is 2.67 bits per heavy atom. The summed E-state index contributed by atoms with van der Waals surface area (Å²) in [6.07, 6.45) is 13.5. The average molecular weight is 502 g/mol. The number of terminal acetylenes is 1. The average Bonchev–Trinajstić information content (AvgIpc) is 3.09. The van der Waals surface area contributed by atoms with E-state index in [1.165, 1.54) is 36.1 Å². The fraction of sp³-hybridized carbons (Fsp3) is 0.429. The number of aromatic nitrogens is 2. The van der Waals surface area contributed by atoms with Gasteiger partial charge >= 0.3 is 0 Å². The third kappa shape index (κ3) is 3.22. The van der Waals surface area contributed by atoms with Crippen LogP contribution in [0.15, 0.2) is 45.7 Å². The predicted octanol–water partition coefficient (Wildman–Crippen LogP) is 5.52. The summed E-state index contributed by atoms with van der Waals surface area (Å²) >= 11 is 3.61. The number of benzene rings is 2. The molecule has 0 unspecified atom stereocenters. The number of fused-ring (bicyclic) bond motifs is 7. The van der Waals surface area contributed by atoms with Gasteiger partial charge in [-0.15, -0.1) is 6.42 Å². The Hall–Kier alpha value is -2.42. The van der Waals surface area contributed by atoms with Gasteiger partial charge in [-0.1, -0.05) is 43.4 Å². The van der Waals surface area contributed by atoms with Gasteiger partial charge in [-0.2, -0.15) is 4.98 Å². The molecule has 3 heterocycles. The normalized spacial score (nSPS) is 20.0. The minimum atomic E-state index is -0.141. The van der Waals surface area contributed by atoms with Crippen LogP contribution in [-0.4, -0.2) is 34.1 Å². The summed E-state index contributed by atoms with van der Waals surface area (Å²) in [6, 6.07) is 13.1. The first-order chi connectivity index (χ1) is 16.1. The number of halogens is 1. The maximum atomic E-state index is 13.2. The van der Waals surface area contributed by atoms with Crippen molar-refractivity contribution in [2.24, 2.45) is 0 Å². The van der Waals surface area contributed by atoms with Crippen LogP contribution in [0.5, 0.6) is 0 Å². The summed E-state index contributed by atoms with van der Waals surface area (Å²) < 4.78 is 3.12. The zero-order valence-corrected chi connectivity index (χ0v) is 20.4. The SMILES string of the molecule is C#CCN1CCC(c2ccc3c(c2)-n2c(nc(=O)c4c(Br)cccc42)C32CCCCC2)CC1. The van der Waals surface area contributed by atoms with E-state index in [1.54, 1.807) is 0 Å². The molecule has 0 radical (unpaired) electrons. The van der Waals surface area contributed by atoms with Gasteiger partial charge in [0.25, 0.3) is 5.56 Å². The molecular weight excluding hydrogens is 474 g/mol. The molecular formula is C28H28BrN3O. The van der Waals surface area contributed by atoms with E-state index in [0.717, 1.165) is 61.1 Å². The van der Waals surface area contributed by atoms with Gasteiger partial charge in [0, 0.05) is 4.47 Å². The van der Waals surface area contributed by atoms with Gasteiger partial charge in [-0.25, -0.2) is 0 Å². The molecule has 5 heteroatoms. The Bertz CT molecular complexity index is 1340. The van der Waals surface area contributed by atoms with Gasteiger partial charge in [0.2, 0.25) is 0 Å². The Kier molecular flexibility index (Phi) is 5.19. The lowest BCUT2D eigenvalue weighted by Gasteiger charge is -2.34. The van der Waals surface area contributed by atoms with Gasteiger partial charge in [0.05, 0.1) is 28.6 Å². The molecule has 2 aliphatic heterocycles. The molecule has 1 aliphatic carbocycles. The second kappa shape index (κ2) is 8.11. The minimum Gasteiger partial charge on any atom is -0.296 e. The molecule has 3 aromatic rings. The number of likely N-dealkylation sites (tertiary alicyclic amines) is 1. The number of rotatable bonds is 2. The van der Waals surface area contributed by atoms with Crippen LogP contribution < -0.4 is 5.56 Å². The van der Waals surface area contributed by atoms with Gasteiger partial charge in [-0.05, 0) is 89.9 Å². The third-order valence-corrected chi connectivity index (χ3v) is 8.81. The summed E-state index contributed by atoms with van der Waals surface area (Å²) in [5, 5.41) is 0.674. The van der Waals surface area contributed by atoms with Crippen LogP contribution in [0.3, 0.4) is 0 Å². The topological polar surface area (TPSA) is 38.1 Å². The van der Waals surface area contributed by atoms with Crippen LogP contribution >= 0.6 is 15.9 Å². The van der Waals surface area contributed by atoms with Crippen LogP contribution in [0.1, 0.15) is 67.8 Å². The Morgan fingerprint density at radius 1 is 1.12 bits per heavy atom. The molecule has 2 fully saturated rings. The monoisotopic (exact) mass is 501 g/mol. The van der Waals surface area contributed by atoms with E-state index in [1.807, 2.05) is 12.1 Å². The molecule has 6 rings (SSSR count). The molecule has 1 saturated carbocycles. The maximum absolute atomic E-state index is 13.2. The molecule has 1 aromatic heterocycles. The van der Waals surface area contributed by atoms with Gasteiger partial charge < -0.3 is 0 Å². The largest absolute Gasteiger partial charge is 0.296 e. The van der Waals surface area contributed by atoms with E-state index >= 15 is 0 Å². The van der Waals surface area contributed by atoms with E-state index in [9.17, 15) is 4.79 Å². The number of hydrogen-bond acceptors (Lipinski definition) is 3. The van der Waals surface area contributed by atoms with Crippen molar-refractivity contribution >= 4 is 26.8 Å². The lowest BCUT2D eigenvalue weighted by Crippen LogP contribution is -2.33. The summed E-state index contributed by atoms with van der Waals surface area (Å²) in [7, 11) is 0. The molecule has 0 N–H and O–H groups in total. The zero-order chi connectivity index (χ0) is 22.6. The van der Waals surface area contributed by atoms with Crippen LogP contribution in [0.2, 0.25) is 0 Å². The zero-order valence-electron chi connectivity index (χ0n) is 18.8. The summed E-state index contributed by atoms with van der Waals surface area (Å²) in [5.41, 5.74) is 4.68. The molecule has 33 heavy (non-hydrogen) atoms. The van der Waals surface area contributed by atoms with Gasteiger partial charge in [-0.3, -0.25) is 14.3 Å². The van der Waals surface area contributed by atoms with Gasteiger partial charge in [0.1, 0.15) is 5.82 Å². The molecule has 168 valence electrons. The number of hydrogen-bond donors (Lipinski definition) is 0. The Balaban J connectivity index is 1.53. The quantitative estimate of drug-likeness (QED) is 0.433. The molecule has 4 nitrogen and oxygen atoms in total. The van der Waals surface area contributed by atoms with Crippen LogP contribution in [0, 0.1) is 12.3 Å². The lowest BCUT2D eigenvalue weighted by atomic mass is 9.69. The van der Waals surface area contributed by atoms with Crippen molar-refractivity contribution in [3.8, 4) is 18.0 Å². The van der Waals surface area contributed by atoms with Crippen LogP contribution in [-0.2, 0) is 5.41 Å². The lowest BCUT2D eigenvalue weighted by molar-refractivity contribution is 0.236. The fourth-order valence-electron chi connectivity index (χ4n) is 6.51. The molecule has 1 saturated heterocycles. The van der Waals surface area contributed by atoms with Crippen LogP contribution in [0.4, 0.5) is 0 Å². The van der Waals surface area contributed by atoms with Crippen molar-refractivity contribution in [3.63, 3.8) is 0 Å². The van der Waals surface area contributed by atoms with E-state index in [2.05, 4.69) is 55.6 Å². The molecule has 0 amide bonds. The highest BCUT2D eigenvalue weighted by Crippen LogP contribution is 2.52. The van der Waals surface area contributed by atoms with Crippen LogP contribution in [0.25, 0.3) is 16.6 Å². The first kappa shape index (κ1) is 21.1. The Morgan fingerprint density at radius 2 is 1.91 bits per heavy atom.